The van der Waals surface area contributed by atoms with Crippen molar-refractivity contribution in [2.45, 2.75) is 70.7 Å². The molecule has 1 aromatic rings. The fourth-order valence-corrected chi connectivity index (χ4v) is 3.97. The largest absolute Gasteiger partial charge is 0.393 e. The maximum Gasteiger partial charge on any atom is 0.127 e. The molecule has 0 spiro atoms. The van der Waals surface area contributed by atoms with Crippen molar-refractivity contribution in [2.75, 3.05) is 27.7 Å². The number of piperidine rings is 1. The topological polar surface area (TPSA) is 32.7 Å². The smallest absolute Gasteiger partial charge is 0.127 e. The highest BCUT2D eigenvalue weighted by molar-refractivity contribution is 5.24. The van der Waals surface area contributed by atoms with Gasteiger partial charge >= 0.3 is 0 Å². The van der Waals surface area contributed by atoms with E-state index >= 15 is 0 Å². The van der Waals surface area contributed by atoms with Crippen molar-refractivity contribution in [3.05, 3.63) is 35.4 Å². The van der Waals surface area contributed by atoms with Crippen molar-refractivity contribution in [3.63, 3.8) is 0 Å². The lowest BCUT2D eigenvalue weighted by atomic mass is 9.82. The van der Waals surface area contributed by atoms with Gasteiger partial charge in [-0.1, -0.05) is 24.3 Å². The average molecular weight is 350 g/mol. The van der Waals surface area contributed by atoms with Gasteiger partial charge in [-0.15, -0.1) is 0 Å². The van der Waals surface area contributed by atoms with Crippen molar-refractivity contribution >= 4 is 0 Å². The first kappa shape index (κ1) is 20.4. The average Bonchev–Trinajstić information content (AvgIpc) is 2.46. The normalized spacial score (nSPS) is 21.9. The van der Waals surface area contributed by atoms with Crippen LogP contribution in [0.15, 0.2) is 24.3 Å². The third-order valence-corrected chi connectivity index (χ3v) is 5.08. The number of benzene rings is 1. The predicted octanol–water partition coefficient (Wildman–Crippen LogP) is 3.90. The highest BCUT2D eigenvalue weighted by Crippen LogP contribution is 2.40. The Balaban J connectivity index is 2.16. The summed E-state index contributed by atoms with van der Waals surface area (Å²) in [4.78, 5) is 6.38. The highest BCUT2D eigenvalue weighted by atomic mass is 16.7. The number of hydrogen-bond acceptors (Lipinski definition) is 3. The molecule has 1 N–H and O–H groups in total. The lowest BCUT2D eigenvalue weighted by Gasteiger charge is -2.52. The molecule has 1 fully saturated rings. The van der Waals surface area contributed by atoms with Crippen LogP contribution in [0.2, 0.25) is 0 Å². The van der Waals surface area contributed by atoms with Gasteiger partial charge in [-0.2, -0.15) is 5.06 Å². The maximum absolute atomic E-state index is 9.95. The summed E-state index contributed by atoms with van der Waals surface area (Å²) in [6.07, 6.45) is 3.10. The van der Waals surface area contributed by atoms with E-state index in [1.807, 2.05) is 0 Å². The molecule has 1 atom stereocenters. The van der Waals surface area contributed by atoms with Crippen LogP contribution in [-0.2, 0) is 11.4 Å². The second kappa shape index (κ2) is 7.36. The zero-order chi connectivity index (χ0) is 18.9. The summed E-state index contributed by atoms with van der Waals surface area (Å²) >= 11 is 0. The van der Waals surface area contributed by atoms with E-state index in [2.05, 4.69) is 78.2 Å². The maximum atomic E-state index is 9.95. The van der Waals surface area contributed by atoms with Gasteiger partial charge in [0.1, 0.15) is 12.6 Å². The summed E-state index contributed by atoms with van der Waals surface area (Å²) in [7, 11) is 6.57. The van der Waals surface area contributed by atoms with Crippen LogP contribution in [0, 0.1) is 0 Å². The molecule has 0 radical (unpaired) electrons. The van der Waals surface area contributed by atoms with Gasteiger partial charge in [0.2, 0.25) is 0 Å². The lowest BCUT2D eigenvalue weighted by molar-refractivity contribution is -0.884. The molecule has 0 aromatic heterocycles. The van der Waals surface area contributed by atoms with Gasteiger partial charge in [-0.05, 0) is 52.5 Å². The molecule has 2 rings (SSSR count). The first-order chi connectivity index (χ1) is 11.4. The molecule has 1 heterocycles. The molecule has 1 aromatic carbocycles. The van der Waals surface area contributed by atoms with E-state index in [1.54, 1.807) is 0 Å². The molecule has 0 saturated carbocycles. The van der Waals surface area contributed by atoms with Gasteiger partial charge in [0.15, 0.2) is 0 Å². The molecular weight excluding hydrogens is 312 g/mol. The van der Waals surface area contributed by atoms with Crippen LogP contribution in [0.5, 0.6) is 0 Å². The minimum atomic E-state index is -0.324. The molecule has 0 amide bonds. The number of rotatable bonds is 6. The summed E-state index contributed by atoms with van der Waals surface area (Å²) in [5, 5.41) is 12.1. The molecule has 1 aliphatic rings. The predicted molar refractivity (Wildman–Crippen MR) is 103 cm³/mol. The Morgan fingerprint density at radius 3 is 2.00 bits per heavy atom. The zero-order valence-electron chi connectivity index (χ0n) is 17.2. The van der Waals surface area contributed by atoms with Gasteiger partial charge in [0, 0.05) is 16.6 Å². The number of quaternary nitrogens is 1. The minimum absolute atomic E-state index is 0.0165. The molecule has 1 unspecified atom stereocenters. The van der Waals surface area contributed by atoms with E-state index in [4.69, 9.17) is 4.84 Å². The fraction of sp³-hybridized carbons (Fsp3) is 0.714. The second-order valence-corrected chi connectivity index (χ2v) is 9.74. The fourth-order valence-electron chi connectivity index (χ4n) is 3.97. The molecule has 4 heteroatoms. The number of aliphatic hydroxyl groups excluding tert-OH is 1. The van der Waals surface area contributed by atoms with Gasteiger partial charge in [-0.25, -0.2) is 0 Å². The summed E-state index contributed by atoms with van der Waals surface area (Å²) in [6, 6.07) is 8.49. The Hall–Kier alpha value is -0.940. The van der Waals surface area contributed by atoms with Crippen molar-refractivity contribution < 1.29 is 14.4 Å². The second-order valence-electron chi connectivity index (χ2n) is 9.74. The monoisotopic (exact) mass is 349 g/mol. The van der Waals surface area contributed by atoms with E-state index in [0.29, 0.717) is 0 Å². The van der Waals surface area contributed by atoms with Crippen LogP contribution in [0.4, 0.5) is 0 Å². The highest BCUT2D eigenvalue weighted by Gasteiger charge is 2.43. The van der Waals surface area contributed by atoms with Crippen LogP contribution in [-0.4, -0.2) is 53.5 Å². The van der Waals surface area contributed by atoms with Crippen molar-refractivity contribution in [1.82, 2.24) is 5.06 Å². The zero-order valence-corrected chi connectivity index (χ0v) is 17.2. The van der Waals surface area contributed by atoms with Crippen LogP contribution in [0.3, 0.4) is 0 Å². The molecular formula is C21H37N2O2+. The van der Waals surface area contributed by atoms with E-state index in [9.17, 15) is 5.11 Å². The van der Waals surface area contributed by atoms with Crippen molar-refractivity contribution in [3.8, 4) is 0 Å². The van der Waals surface area contributed by atoms with E-state index in [-0.39, 0.29) is 23.8 Å². The van der Waals surface area contributed by atoms with Crippen LogP contribution >= 0.6 is 0 Å². The minimum Gasteiger partial charge on any atom is -0.393 e. The molecule has 0 bridgehead atoms. The summed E-state index contributed by atoms with van der Waals surface area (Å²) < 4.78 is 0.898. The molecule has 0 aliphatic carbocycles. The Morgan fingerprint density at radius 1 is 1.04 bits per heavy atom. The van der Waals surface area contributed by atoms with Crippen LogP contribution in [0.25, 0.3) is 0 Å². The first-order valence-electron chi connectivity index (χ1n) is 9.42. The van der Waals surface area contributed by atoms with Crippen LogP contribution in [0.1, 0.15) is 64.2 Å². The van der Waals surface area contributed by atoms with Crippen molar-refractivity contribution in [2.24, 2.45) is 0 Å². The van der Waals surface area contributed by atoms with Gasteiger partial charge < -0.3 is 9.59 Å². The van der Waals surface area contributed by atoms with E-state index < -0.39 is 0 Å². The number of nitrogens with zero attached hydrogens (tertiary/aromatic N) is 2. The summed E-state index contributed by atoms with van der Waals surface area (Å²) in [5.74, 6) is 0. The number of hydroxylamine groups is 2. The SMILES string of the molecule is CC1(C)CCCC(C)(C)N1OC(CO)c1ccc(C[N+](C)(C)C)cc1. The first-order valence-corrected chi connectivity index (χ1v) is 9.42. The summed E-state index contributed by atoms with van der Waals surface area (Å²) in [6.45, 7) is 9.88. The Kier molecular flexibility index (Phi) is 5.99. The molecule has 1 saturated heterocycles. The Bertz CT molecular complexity index is 542. The number of hydrogen-bond donors (Lipinski definition) is 1. The van der Waals surface area contributed by atoms with E-state index in [1.165, 1.54) is 12.0 Å². The van der Waals surface area contributed by atoms with Gasteiger partial charge in [0.05, 0.1) is 27.7 Å². The van der Waals surface area contributed by atoms with Gasteiger partial charge in [-0.3, -0.25) is 4.84 Å². The summed E-state index contributed by atoms with van der Waals surface area (Å²) in [5.41, 5.74) is 2.27. The molecule has 1 aliphatic heterocycles. The van der Waals surface area contributed by atoms with Crippen LogP contribution < -0.4 is 0 Å². The molecule has 142 valence electrons. The van der Waals surface area contributed by atoms with Crippen molar-refractivity contribution in [1.29, 1.82) is 0 Å². The lowest BCUT2D eigenvalue weighted by Crippen LogP contribution is -2.58. The third kappa shape index (κ3) is 5.27. The quantitative estimate of drug-likeness (QED) is 0.791. The molecule has 4 nitrogen and oxygen atoms in total. The number of aliphatic hydroxyl groups is 1. The van der Waals surface area contributed by atoms with Gasteiger partial charge in [0.25, 0.3) is 0 Å². The third-order valence-electron chi connectivity index (χ3n) is 5.08. The Labute approximate surface area is 153 Å². The Morgan fingerprint density at radius 2 is 1.56 bits per heavy atom. The van der Waals surface area contributed by atoms with E-state index in [0.717, 1.165) is 29.4 Å². The molecule has 25 heavy (non-hydrogen) atoms. The standard InChI is InChI=1S/C21H37N2O2/c1-20(2)13-8-14-21(3,4)22(20)25-19(16-24)18-11-9-17(10-12-18)15-23(5,6)7/h9-12,19,24H,8,13-16H2,1-7H3/q+1.